The lowest BCUT2D eigenvalue weighted by atomic mass is 9.73. The van der Waals surface area contributed by atoms with E-state index in [9.17, 15) is 4.79 Å². The summed E-state index contributed by atoms with van der Waals surface area (Å²) in [5, 5.41) is 0. The maximum atomic E-state index is 12.8. The first kappa shape index (κ1) is 15.1. The van der Waals surface area contributed by atoms with Crippen LogP contribution in [0.25, 0.3) is 0 Å². The summed E-state index contributed by atoms with van der Waals surface area (Å²) in [4.78, 5) is 16.9. The minimum atomic E-state index is -0.0297. The molecule has 1 aliphatic carbocycles. The van der Waals surface area contributed by atoms with Gasteiger partial charge in [-0.3, -0.25) is 4.79 Å². The van der Waals surface area contributed by atoms with Gasteiger partial charge in [-0.25, -0.2) is 0 Å². The van der Waals surface area contributed by atoms with E-state index in [0.717, 1.165) is 32.4 Å². The number of likely N-dealkylation sites (tertiary alicyclic amines) is 1. The van der Waals surface area contributed by atoms with E-state index in [2.05, 4.69) is 36.1 Å². The van der Waals surface area contributed by atoms with Crippen molar-refractivity contribution >= 4 is 5.91 Å². The van der Waals surface area contributed by atoms with Crippen molar-refractivity contribution in [2.45, 2.75) is 30.6 Å². The third kappa shape index (κ3) is 2.42. The quantitative estimate of drug-likeness (QED) is 0.781. The van der Waals surface area contributed by atoms with Crippen LogP contribution in [0.5, 0.6) is 0 Å². The summed E-state index contributed by atoms with van der Waals surface area (Å²) in [7, 11) is 3.99. The van der Waals surface area contributed by atoms with Crippen LogP contribution >= 0.6 is 0 Å². The van der Waals surface area contributed by atoms with Crippen LogP contribution in [0.3, 0.4) is 0 Å². The second-order valence-electron chi connectivity index (χ2n) is 6.83. The van der Waals surface area contributed by atoms with Crippen LogP contribution in [0.2, 0.25) is 0 Å². The van der Waals surface area contributed by atoms with E-state index >= 15 is 0 Å². The highest BCUT2D eigenvalue weighted by atomic mass is 16.2. The molecule has 1 aromatic carbocycles. The molecule has 3 nitrogen and oxygen atoms in total. The van der Waals surface area contributed by atoms with Crippen molar-refractivity contribution < 1.29 is 4.79 Å². The number of fused-ring (bicyclic) bond motifs is 2. The van der Waals surface area contributed by atoms with E-state index in [1.807, 2.05) is 13.1 Å². The van der Waals surface area contributed by atoms with Crippen molar-refractivity contribution in [3.05, 3.63) is 35.4 Å². The molecule has 1 amide bonds. The monoisotopic (exact) mass is 296 g/mol. The van der Waals surface area contributed by atoms with Crippen LogP contribution in [0.4, 0.5) is 0 Å². The number of benzene rings is 1. The molecule has 0 radical (unpaired) electrons. The smallest absolute Gasteiger partial charge is 0.230 e. The molecule has 116 valence electrons. The van der Waals surface area contributed by atoms with E-state index in [1.54, 1.807) is 4.90 Å². The van der Waals surface area contributed by atoms with Crippen molar-refractivity contribution in [1.29, 1.82) is 0 Å². The minimum absolute atomic E-state index is 0.0297. The first-order valence-electron chi connectivity index (χ1n) is 8.04. The van der Waals surface area contributed by atoms with Crippen molar-refractivity contribution in [1.82, 2.24) is 9.80 Å². The van der Waals surface area contributed by atoms with E-state index < -0.39 is 0 Å². The molecular formula is C19H24N2O. The van der Waals surface area contributed by atoms with E-state index in [0.29, 0.717) is 6.54 Å². The number of likely N-dealkylation sites (N-methyl/N-ethyl adjacent to an activating group) is 1. The lowest BCUT2D eigenvalue weighted by molar-refractivity contribution is -0.131. The summed E-state index contributed by atoms with van der Waals surface area (Å²) < 4.78 is 0. The highest BCUT2D eigenvalue weighted by Crippen LogP contribution is 2.51. The van der Waals surface area contributed by atoms with Crippen LogP contribution in [-0.4, -0.2) is 49.4 Å². The zero-order chi connectivity index (χ0) is 15.7. The third-order valence-electron chi connectivity index (χ3n) is 5.45. The first-order chi connectivity index (χ1) is 10.6. The number of carbonyl (C=O) groups is 1. The van der Waals surface area contributed by atoms with Gasteiger partial charge in [0.2, 0.25) is 5.91 Å². The van der Waals surface area contributed by atoms with Crippen molar-refractivity contribution in [3.63, 3.8) is 0 Å². The molecule has 0 N–H and O–H groups in total. The average Bonchev–Trinajstić information content (AvgIpc) is 2.85. The van der Waals surface area contributed by atoms with Gasteiger partial charge >= 0.3 is 0 Å². The van der Waals surface area contributed by atoms with Crippen LogP contribution in [0.1, 0.15) is 36.3 Å². The highest BCUT2D eigenvalue weighted by Gasteiger charge is 2.47. The number of piperidine rings is 1. The molecule has 1 fully saturated rings. The molecule has 3 rings (SSSR count). The van der Waals surface area contributed by atoms with Gasteiger partial charge in [0.05, 0.1) is 12.5 Å². The second-order valence-corrected chi connectivity index (χ2v) is 6.83. The SMILES string of the molecule is C#CCN(C)C(=O)C1CC2(CCN(C)CC2)c2ccccc21. The Kier molecular flexibility index (Phi) is 3.97. The molecule has 1 aliphatic heterocycles. The van der Waals surface area contributed by atoms with Crippen molar-refractivity contribution in [3.8, 4) is 12.3 Å². The largest absolute Gasteiger partial charge is 0.334 e. The number of amides is 1. The minimum Gasteiger partial charge on any atom is -0.334 e. The van der Waals surface area contributed by atoms with E-state index in [4.69, 9.17) is 6.42 Å². The lowest BCUT2D eigenvalue weighted by Gasteiger charge is -2.39. The molecule has 0 bridgehead atoms. The van der Waals surface area contributed by atoms with Crippen LogP contribution in [0.15, 0.2) is 24.3 Å². The number of rotatable bonds is 2. The summed E-state index contributed by atoms with van der Waals surface area (Å²) in [5.41, 5.74) is 2.80. The number of hydrogen-bond donors (Lipinski definition) is 0. The molecule has 0 saturated carbocycles. The van der Waals surface area contributed by atoms with Gasteiger partial charge in [-0.05, 0) is 55.9 Å². The molecule has 3 heteroatoms. The molecule has 0 aromatic heterocycles. The molecule has 1 aromatic rings. The van der Waals surface area contributed by atoms with Gasteiger partial charge in [-0.2, -0.15) is 0 Å². The Bertz CT molecular complexity index is 608. The van der Waals surface area contributed by atoms with Gasteiger partial charge in [-0.1, -0.05) is 30.2 Å². The van der Waals surface area contributed by atoms with Gasteiger partial charge in [0.1, 0.15) is 0 Å². The fourth-order valence-electron chi connectivity index (χ4n) is 4.12. The standard InChI is InChI=1S/C19H24N2O/c1-4-11-21(3)18(22)16-14-19(9-12-20(2)13-10-19)17-8-6-5-7-15(16)17/h1,5-8,16H,9-14H2,2-3H3. The van der Waals surface area contributed by atoms with Gasteiger partial charge in [0.15, 0.2) is 0 Å². The summed E-state index contributed by atoms with van der Waals surface area (Å²) in [6.07, 6.45) is 8.59. The molecule has 2 aliphatic rings. The summed E-state index contributed by atoms with van der Waals surface area (Å²) in [5.74, 6) is 2.71. The van der Waals surface area contributed by atoms with E-state index in [1.165, 1.54) is 11.1 Å². The number of hydrogen-bond acceptors (Lipinski definition) is 2. The summed E-state index contributed by atoms with van der Waals surface area (Å²) in [6.45, 7) is 2.60. The molecular weight excluding hydrogens is 272 g/mol. The Hall–Kier alpha value is -1.79. The van der Waals surface area contributed by atoms with Crippen LogP contribution in [0, 0.1) is 12.3 Å². The normalized spacial score (nSPS) is 23.0. The molecule has 1 spiro atoms. The van der Waals surface area contributed by atoms with E-state index in [-0.39, 0.29) is 17.2 Å². The second kappa shape index (κ2) is 5.78. The van der Waals surface area contributed by atoms with Gasteiger partial charge in [-0.15, -0.1) is 6.42 Å². The van der Waals surface area contributed by atoms with Gasteiger partial charge in [0, 0.05) is 7.05 Å². The predicted octanol–water partition coefficient (Wildman–Crippen LogP) is 2.23. The summed E-state index contributed by atoms with van der Waals surface area (Å²) in [6, 6.07) is 8.52. The molecule has 22 heavy (non-hydrogen) atoms. The number of carbonyl (C=O) groups excluding carboxylic acids is 1. The fraction of sp³-hybridized carbons (Fsp3) is 0.526. The number of terminal acetylenes is 1. The topological polar surface area (TPSA) is 23.6 Å². The average molecular weight is 296 g/mol. The Morgan fingerprint density at radius 2 is 2.09 bits per heavy atom. The number of nitrogens with zero attached hydrogens (tertiary/aromatic N) is 2. The van der Waals surface area contributed by atoms with Crippen molar-refractivity contribution in [2.24, 2.45) is 0 Å². The predicted molar refractivity (Wildman–Crippen MR) is 88.7 cm³/mol. The third-order valence-corrected chi connectivity index (χ3v) is 5.45. The zero-order valence-electron chi connectivity index (χ0n) is 13.5. The molecule has 1 heterocycles. The molecule has 1 atom stereocenters. The highest BCUT2D eigenvalue weighted by molar-refractivity contribution is 5.85. The first-order valence-corrected chi connectivity index (χ1v) is 8.04. The molecule has 1 unspecified atom stereocenters. The zero-order valence-corrected chi connectivity index (χ0v) is 13.5. The Morgan fingerprint density at radius 1 is 1.41 bits per heavy atom. The maximum Gasteiger partial charge on any atom is 0.230 e. The lowest BCUT2D eigenvalue weighted by Crippen LogP contribution is -2.40. The Morgan fingerprint density at radius 3 is 2.77 bits per heavy atom. The molecule has 1 saturated heterocycles. The maximum absolute atomic E-state index is 12.8. The fourth-order valence-corrected chi connectivity index (χ4v) is 4.12. The van der Waals surface area contributed by atoms with Gasteiger partial charge in [0.25, 0.3) is 0 Å². The summed E-state index contributed by atoms with van der Waals surface area (Å²) >= 11 is 0. The van der Waals surface area contributed by atoms with Crippen molar-refractivity contribution in [2.75, 3.05) is 33.7 Å². The Labute approximate surface area is 133 Å². The van der Waals surface area contributed by atoms with Crippen LogP contribution < -0.4 is 0 Å². The van der Waals surface area contributed by atoms with Crippen LogP contribution in [-0.2, 0) is 10.2 Å². The Balaban J connectivity index is 1.93. The van der Waals surface area contributed by atoms with Gasteiger partial charge < -0.3 is 9.80 Å².